The normalized spacial score (nSPS) is 14.4. The molecular weight excluding hydrogens is 610 g/mol. The highest BCUT2D eigenvalue weighted by Crippen LogP contribution is 2.34. The Kier molecular flexibility index (Phi) is 11.3. The second-order valence-corrected chi connectivity index (χ2v) is 12.4. The molecule has 1 aliphatic carbocycles. The fourth-order valence-electron chi connectivity index (χ4n) is 6.23. The van der Waals surface area contributed by atoms with E-state index in [1.807, 2.05) is 12.1 Å². The van der Waals surface area contributed by atoms with Gasteiger partial charge in [-0.1, -0.05) is 146 Å². The van der Waals surface area contributed by atoms with Crippen LogP contribution in [-0.2, 0) is 0 Å². The van der Waals surface area contributed by atoms with Crippen molar-refractivity contribution in [3.63, 3.8) is 0 Å². The van der Waals surface area contributed by atoms with Crippen LogP contribution < -0.4 is 9.47 Å². The van der Waals surface area contributed by atoms with Gasteiger partial charge in [-0.2, -0.15) is 0 Å². The summed E-state index contributed by atoms with van der Waals surface area (Å²) in [4.78, 5) is 2.49. The Hall–Kier alpha value is -4.83. The zero-order valence-electron chi connectivity index (χ0n) is 27.1. The number of hydrogen-bond donors (Lipinski definition) is 0. The average molecular weight is 652 g/mol. The van der Waals surface area contributed by atoms with Crippen LogP contribution >= 0.6 is 12.4 Å². The van der Waals surface area contributed by atoms with Crippen LogP contribution in [0, 0.1) is 0 Å². The van der Waals surface area contributed by atoms with Crippen LogP contribution in [0.4, 0.5) is 0 Å². The zero-order valence-corrected chi connectivity index (χ0v) is 27.9. The van der Waals surface area contributed by atoms with Crippen LogP contribution in [0.5, 0.6) is 11.5 Å². The lowest BCUT2D eigenvalue weighted by Crippen LogP contribution is -2.55. The molecule has 8 rings (SSSR count). The molecule has 48 heavy (non-hydrogen) atoms. The summed E-state index contributed by atoms with van der Waals surface area (Å²) in [6, 6.07) is 59.5. The van der Waals surface area contributed by atoms with E-state index in [9.17, 15) is 0 Å². The Morgan fingerprint density at radius 3 is 1.15 bits per heavy atom. The van der Waals surface area contributed by atoms with Crippen molar-refractivity contribution in [2.24, 2.45) is 0 Å². The lowest BCUT2D eigenvalue weighted by Gasteiger charge is -2.44. The molecule has 0 radical (unpaired) electrons. The van der Waals surface area contributed by atoms with Gasteiger partial charge in [0.05, 0.1) is 12.1 Å². The Balaban J connectivity index is 0.000000189. The highest BCUT2D eigenvalue weighted by Gasteiger charge is 2.35. The number of hydrogen-bond acceptors (Lipinski definition) is 3. The maximum Gasteiger partial charge on any atom is 0.124 e. The molecule has 0 N–H and O–H groups in total. The van der Waals surface area contributed by atoms with Crippen molar-refractivity contribution in [3.8, 4) is 33.8 Å². The molecule has 1 saturated carbocycles. The smallest absolute Gasteiger partial charge is 0.124 e. The Morgan fingerprint density at radius 2 is 0.771 bits per heavy atom. The molecule has 3 nitrogen and oxygen atoms in total. The standard InChI is InChI=1S/C28H25NO.C16H16O.ClH/c1-4-10-22(11-5-1)23-16-18-26(19-17-23)30-27-20-29(21-27)28(24-12-6-2-7-13-24)25-14-8-3-9-15-25;1-2-5-13(6-3-1)14-9-11-16(12-10-14)17-15-7-4-8-15;/h1-19,27-28H,20-21H2;1-3,5-6,9-12,15H,4,7-8H2;1H. The molecule has 2 aliphatic rings. The fourth-order valence-corrected chi connectivity index (χ4v) is 6.23. The quantitative estimate of drug-likeness (QED) is 0.155. The number of likely N-dealkylation sites (tertiary alicyclic amines) is 1. The number of rotatable bonds is 9. The molecule has 6 aromatic rings. The first-order chi connectivity index (χ1) is 23.3. The van der Waals surface area contributed by atoms with Gasteiger partial charge in [0.15, 0.2) is 0 Å². The molecule has 2 fully saturated rings. The third-order valence-electron chi connectivity index (χ3n) is 9.05. The van der Waals surface area contributed by atoms with E-state index in [0.29, 0.717) is 6.10 Å². The van der Waals surface area contributed by atoms with Gasteiger partial charge in [-0.3, -0.25) is 4.90 Å². The number of nitrogens with zero attached hydrogens (tertiary/aromatic N) is 1. The molecule has 0 spiro atoms. The van der Waals surface area contributed by atoms with E-state index in [-0.39, 0.29) is 24.6 Å². The van der Waals surface area contributed by atoms with Crippen molar-refractivity contribution in [1.29, 1.82) is 0 Å². The lowest BCUT2D eigenvalue weighted by atomic mass is 9.94. The van der Waals surface area contributed by atoms with Crippen molar-refractivity contribution >= 4 is 12.4 Å². The molecule has 1 heterocycles. The van der Waals surface area contributed by atoms with Crippen LogP contribution in [0.25, 0.3) is 22.3 Å². The highest BCUT2D eigenvalue weighted by atomic mass is 35.5. The lowest BCUT2D eigenvalue weighted by molar-refractivity contribution is 0.000296. The number of benzene rings is 6. The zero-order chi connectivity index (χ0) is 31.7. The minimum atomic E-state index is 0. The molecule has 0 atom stereocenters. The minimum Gasteiger partial charge on any atom is -0.490 e. The third-order valence-corrected chi connectivity index (χ3v) is 9.05. The largest absolute Gasteiger partial charge is 0.490 e. The molecule has 6 aromatic carbocycles. The minimum absolute atomic E-state index is 0. The molecule has 242 valence electrons. The van der Waals surface area contributed by atoms with E-state index < -0.39 is 0 Å². The predicted octanol–water partition coefficient (Wildman–Crippen LogP) is 10.9. The fraction of sp³-hybridized carbons (Fsp3) is 0.182. The van der Waals surface area contributed by atoms with Crippen molar-refractivity contribution in [3.05, 3.63) is 181 Å². The average Bonchev–Trinajstić information content (AvgIpc) is 3.11. The SMILES string of the molecule is Cl.c1ccc(-c2ccc(OC3CCC3)cc2)cc1.c1ccc(-c2ccc(OC3CN(C(c4ccccc4)c4ccccc4)C3)cc2)cc1. The van der Waals surface area contributed by atoms with Gasteiger partial charge in [-0.15, -0.1) is 12.4 Å². The number of halogens is 1. The molecular formula is C44H42ClNO2. The maximum absolute atomic E-state index is 6.25. The van der Waals surface area contributed by atoms with Gasteiger partial charge < -0.3 is 9.47 Å². The predicted molar refractivity (Wildman–Crippen MR) is 200 cm³/mol. The second-order valence-electron chi connectivity index (χ2n) is 12.4. The van der Waals surface area contributed by atoms with Crippen molar-refractivity contribution < 1.29 is 9.47 Å². The molecule has 1 saturated heterocycles. The van der Waals surface area contributed by atoms with Crippen molar-refractivity contribution in [2.45, 2.75) is 37.5 Å². The van der Waals surface area contributed by atoms with Gasteiger partial charge in [-0.25, -0.2) is 0 Å². The van der Waals surface area contributed by atoms with Gasteiger partial charge in [0.2, 0.25) is 0 Å². The monoisotopic (exact) mass is 651 g/mol. The molecule has 0 unspecified atom stereocenters. The molecule has 0 amide bonds. The van der Waals surface area contributed by atoms with Crippen LogP contribution in [0.3, 0.4) is 0 Å². The van der Waals surface area contributed by atoms with Gasteiger partial charge in [-0.05, 0) is 76.9 Å². The summed E-state index contributed by atoms with van der Waals surface area (Å²) < 4.78 is 12.1. The summed E-state index contributed by atoms with van der Waals surface area (Å²) in [6.45, 7) is 1.85. The van der Waals surface area contributed by atoms with Gasteiger partial charge >= 0.3 is 0 Å². The van der Waals surface area contributed by atoms with Crippen molar-refractivity contribution in [2.75, 3.05) is 13.1 Å². The Labute approximate surface area is 291 Å². The van der Waals surface area contributed by atoms with Crippen LogP contribution in [0.2, 0.25) is 0 Å². The number of ether oxygens (including phenoxy) is 2. The summed E-state index contributed by atoms with van der Waals surface area (Å²) in [5.41, 5.74) is 7.59. The van der Waals surface area contributed by atoms with E-state index in [0.717, 1.165) is 24.6 Å². The summed E-state index contributed by atoms with van der Waals surface area (Å²) in [6.07, 6.45) is 4.41. The van der Waals surface area contributed by atoms with Gasteiger partial charge in [0, 0.05) is 13.1 Å². The Morgan fingerprint density at radius 1 is 0.417 bits per heavy atom. The highest BCUT2D eigenvalue weighted by molar-refractivity contribution is 5.85. The maximum atomic E-state index is 6.25. The molecule has 0 aromatic heterocycles. The van der Waals surface area contributed by atoms with Gasteiger partial charge in [0.1, 0.15) is 17.6 Å². The van der Waals surface area contributed by atoms with Crippen LogP contribution in [-0.4, -0.2) is 30.2 Å². The summed E-state index contributed by atoms with van der Waals surface area (Å²) in [7, 11) is 0. The van der Waals surface area contributed by atoms with Gasteiger partial charge in [0.25, 0.3) is 0 Å². The summed E-state index contributed by atoms with van der Waals surface area (Å²) in [5, 5.41) is 0. The van der Waals surface area contributed by atoms with Crippen molar-refractivity contribution in [1.82, 2.24) is 4.90 Å². The van der Waals surface area contributed by atoms with E-state index in [2.05, 4.69) is 163 Å². The summed E-state index contributed by atoms with van der Waals surface area (Å²) in [5.74, 6) is 1.93. The van der Waals surface area contributed by atoms with E-state index in [4.69, 9.17) is 9.47 Å². The van der Waals surface area contributed by atoms with Crippen LogP contribution in [0.15, 0.2) is 170 Å². The van der Waals surface area contributed by atoms with E-state index in [1.54, 1.807) is 0 Å². The molecule has 4 heteroatoms. The summed E-state index contributed by atoms with van der Waals surface area (Å²) >= 11 is 0. The van der Waals surface area contributed by atoms with E-state index in [1.165, 1.54) is 52.6 Å². The third kappa shape index (κ3) is 8.36. The first kappa shape index (κ1) is 33.1. The topological polar surface area (TPSA) is 21.7 Å². The first-order valence-corrected chi connectivity index (χ1v) is 16.8. The molecule has 1 aliphatic heterocycles. The Bertz CT molecular complexity index is 1750. The second kappa shape index (κ2) is 16.3. The van der Waals surface area contributed by atoms with Crippen LogP contribution in [0.1, 0.15) is 36.4 Å². The first-order valence-electron chi connectivity index (χ1n) is 16.8. The molecule has 0 bridgehead atoms. The van der Waals surface area contributed by atoms with E-state index >= 15 is 0 Å².